The van der Waals surface area contributed by atoms with E-state index in [2.05, 4.69) is 15.3 Å². The number of aromatic nitrogens is 4. The molecular formula is C10H12ClN5O4. The predicted octanol–water partition coefficient (Wildman–Crippen LogP) is -1.49. The molecule has 1 saturated heterocycles. The second-order valence-corrected chi connectivity index (χ2v) is 4.84. The van der Waals surface area contributed by atoms with E-state index < -0.39 is 31.0 Å². The highest BCUT2D eigenvalue weighted by Crippen LogP contribution is 2.33. The number of aliphatic hydroxyl groups is 3. The molecule has 0 aromatic carbocycles. The SMILES string of the molecule is Nc1cnn2c([C@@H]3O[C@H](CO)[C@@H](O)[C@H]3O)nnc2c1Cl. The van der Waals surface area contributed by atoms with Crippen molar-refractivity contribution < 1.29 is 20.1 Å². The number of nitrogens with two attached hydrogens (primary N) is 1. The summed E-state index contributed by atoms with van der Waals surface area (Å²) in [6.45, 7) is -0.424. The number of hydrogen-bond donors (Lipinski definition) is 4. The van der Waals surface area contributed by atoms with Gasteiger partial charge in [-0.3, -0.25) is 0 Å². The van der Waals surface area contributed by atoms with Crippen LogP contribution in [0.3, 0.4) is 0 Å². The highest BCUT2D eigenvalue weighted by atomic mass is 35.5. The molecule has 4 atom stereocenters. The zero-order valence-electron chi connectivity index (χ0n) is 10.1. The number of aliphatic hydroxyl groups excluding tert-OH is 3. The van der Waals surface area contributed by atoms with Crippen LogP contribution in [0.1, 0.15) is 11.9 Å². The van der Waals surface area contributed by atoms with Gasteiger partial charge in [0.05, 0.1) is 18.5 Å². The summed E-state index contributed by atoms with van der Waals surface area (Å²) in [6.07, 6.45) is -3.01. The molecule has 0 aliphatic carbocycles. The van der Waals surface area contributed by atoms with Crippen molar-refractivity contribution in [2.24, 2.45) is 0 Å². The normalized spacial score (nSPS) is 30.2. The Labute approximate surface area is 117 Å². The van der Waals surface area contributed by atoms with Crippen molar-refractivity contribution in [1.82, 2.24) is 19.8 Å². The lowest BCUT2D eigenvalue weighted by Gasteiger charge is -2.12. The van der Waals surface area contributed by atoms with Gasteiger partial charge in [0.25, 0.3) is 0 Å². The summed E-state index contributed by atoms with van der Waals surface area (Å²) in [5.74, 6) is 0.171. The third-order valence-corrected chi connectivity index (χ3v) is 3.61. The van der Waals surface area contributed by atoms with E-state index in [0.717, 1.165) is 0 Å². The van der Waals surface area contributed by atoms with Crippen LogP contribution in [0.25, 0.3) is 5.65 Å². The summed E-state index contributed by atoms with van der Waals surface area (Å²) in [6, 6.07) is 0. The first-order chi connectivity index (χ1) is 9.54. The van der Waals surface area contributed by atoms with E-state index in [1.807, 2.05) is 0 Å². The number of fused-ring (bicyclic) bond motifs is 1. The number of rotatable bonds is 2. The molecule has 1 aliphatic heterocycles. The minimum absolute atomic E-state index is 0.171. The smallest absolute Gasteiger partial charge is 0.198 e. The number of anilines is 1. The van der Waals surface area contributed by atoms with Crippen LogP contribution in [-0.4, -0.2) is 60.0 Å². The van der Waals surface area contributed by atoms with E-state index in [9.17, 15) is 10.2 Å². The Morgan fingerprint density at radius 1 is 1.35 bits per heavy atom. The van der Waals surface area contributed by atoms with Crippen LogP contribution in [-0.2, 0) is 4.74 Å². The fourth-order valence-electron chi connectivity index (χ4n) is 2.14. The summed E-state index contributed by atoms with van der Waals surface area (Å²) in [5, 5.41) is 40.7. The van der Waals surface area contributed by atoms with Gasteiger partial charge >= 0.3 is 0 Å². The minimum Gasteiger partial charge on any atom is -0.396 e. The molecular weight excluding hydrogens is 290 g/mol. The van der Waals surface area contributed by atoms with Crippen molar-refractivity contribution in [2.75, 3.05) is 12.3 Å². The zero-order valence-corrected chi connectivity index (χ0v) is 10.8. The number of halogens is 1. The fraction of sp³-hybridized carbons (Fsp3) is 0.500. The lowest BCUT2D eigenvalue weighted by molar-refractivity contribution is -0.0258. The molecule has 0 unspecified atom stereocenters. The van der Waals surface area contributed by atoms with Crippen molar-refractivity contribution >= 4 is 22.9 Å². The molecule has 1 aliphatic rings. The van der Waals surface area contributed by atoms with Crippen molar-refractivity contribution in [2.45, 2.75) is 24.4 Å². The van der Waals surface area contributed by atoms with E-state index >= 15 is 0 Å². The molecule has 5 N–H and O–H groups in total. The van der Waals surface area contributed by atoms with Gasteiger partial charge in [0, 0.05) is 0 Å². The van der Waals surface area contributed by atoms with Gasteiger partial charge in [-0.05, 0) is 0 Å². The molecule has 20 heavy (non-hydrogen) atoms. The van der Waals surface area contributed by atoms with Crippen LogP contribution in [0, 0.1) is 0 Å². The highest BCUT2D eigenvalue weighted by Gasteiger charge is 2.45. The molecule has 0 bridgehead atoms. The molecule has 0 amide bonds. The van der Waals surface area contributed by atoms with E-state index in [-0.39, 0.29) is 22.2 Å². The lowest BCUT2D eigenvalue weighted by atomic mass is 10.1. The fourth-order valence-corrected chi connectivity index (χ4v) is 2.31. The molecule has 3 heterocycles. The van der Waals surface area contributed by atoms with Gasteiger partial charge in [-0.1, -0.05) is 11.6 Å². The standard InChI is InChI=1S/C10H12ClN5O4/c11-5-3(12)1-13-16-9(5)14-15-10(16)8-7(19)6(18)4(2-17)20-8/h1,4,6-8,17-19H,2,12H2/t4-,6-,7-,8-/m1/s1. The van der Waals surface area contributed by atoms with Crippen LogP contribution >= 0.6 is 11.6 Å². The van der Waals surface area contributed by atoms with Gasteiger partial charge in [-0.2, -0.15) is 9.61 Å². The Bertz CT molecular complexity index is 650. The molecule has 0 saturated carbocycles. The van der Waals surface area contributed by atoms with Gasteiger partial charge in [0.2, 0.25) is 0 Å². The Morgan fingerprint density at radius 2 is 2.10 bits per heavy atom. The quantitative estimate of drug-likeness (QED) is 0.526. The molecule has 3 rings (SSSR count). The monoisotopic (exact) mass is 301 g/mol. The minimum atomic E-state index is -1.25. The van der Waals surface area contributed by atoms with Crippen molar-refractivity contribution in [3.8, 4) is 0 Å². The average molecular weight is 302 g/mol. The van der Waals surface area contributed by atoms with E-state index in [1.54, 1.807) is 0 Å². The topological polar surface area (TPSA) is 139 Å². The summed E-state index contributed by atoms with van der Waals surface area (Å²) in [7, 11) is 0. The predicted molar refractivity (Wildman–Crippen MR) is 66.9 cm³/mol. The second-order valence-electron chi connectivity index (χ2n) is 4.47. The molecule has 2 aromatic rings. The summed E-state index contributed by atoms with van der Waals surface area (Å²) < 4.78 is 6.65. The second kappa shape index (κ2) is 4.79. The summed E-state index contributed by atoms with van der Waals surface area (Å²) >= 11 is 5.99. The van der Waals surface area contributed by atoms with Gasteiger partial charge in [0.1, 0.15) is 29.4 Å². The first-order valence-electron chi connectivity index (χ1n) is 5.82. The zero-order chi connectivity index (χ0) is 14.4. The Balaban J connectivity index is 2.05. The van der Waals surface area contributed by atoms with Crippen LogP contribution in [0.5, 0.6) is 0 Å². The van der Waals surface area contributed by atoms with Gasteiger partial charge in [-0.15, -0.1) is 10.2 Å². The molecule has 0 radical (unpaired) electrons. The van der Waals surface area contributed by atoms with Crippen LogP contribution in [0.2, 0.25) is 5.02 Å². The molecule has 9 nitrogen and oxygen atoms in total. The van der Waals surface area contributed by atoms with Gasteiger partial charge < -0.3 is 25.8 Å². The van der Waals surface area contributed by atoms with Gasteiger partial charge in [0.15, 0.2) is 11.5 Å². The molecule has 2 aromatic heterocycles. The Kier molecular flexibility index (Phi) is 3.22. The van der Waals surface area contributed by atoms with E-state index in [0.29, 0.717) is 0 Å². The maximum Gasteiger partial charge on any atom is 0.198 e. The van der Waals surface area contributed by atoms with Gasteiger partial charge in [-0.25, -0.2) is 0 Å². The highest BCUT2D eigenvalue weighted by molar-refractivity contribution is 6.35. The Morgan fingerprint density at radius 3 is 2.75 bits per heavy atom. The lowest BCUT2D eigenvalue weighted by Crippen LogP contribution is -2.32. The van der Waals surface area contributed by atoms with Crippen molar-refractivity contribution in [3.63, 3.8) is 0 Å². The largest absolute Gasteiger partial charge is 0.396 e. The van der Waals surface area contributed by atoms with E-state index in [4.69, 9.17) is 27.2 Å². The summed E-state index contributed by atoms with van der Waals surface area (Å²) in [5.41, 5.74) is 6.08. The Hall–Kier alpha value is -1.52. The third kappa shape index (κ3) is 1.83. The number of ether oxygens (including phenoxy) is 1. The molecule has 10 heteroatoms. The third-order valence-electron chi connectivity index (χ3n) is 3.22. The van der Waals surface area contributed by atoms with Crippen LogP contribution < -0.4 is 5.73 Å². The maximum absolute atomic E-state index is 9.96. The first-order valence-corrected chi connectivity index (χ1v) is 6.20. The van der Waals surface area contributed by atoms with E-state index in [1.165, 1.54) is 10.7 Å². The molecule has 108 valence electrons. The average Bonchev–Trinajstić information content (AvgIpc) is 2.98. The van der Waals surface area contributed by atoms with Crippen molar-refractivity contribution in [3.05, 3.63) is 17.0 Å². The number of nitrogen functional groups attached to an aromatic ring is 1. The molecule has 1 fully saturated rings. The summed E-state index contributed by atoms with van der Waals surface area (Å²) in [4.78, 5) is 0. The van der Waals surface area contributed by atoms with Crippen molar-refractivity contribution in [1.29, 1.82) is 0 Å². The van der Waals surface area contributed by atoms with Crippen LogP contribution in [0.15, 0.2) is 6.20 Å². The van der Waals surface area contributed by atoms with Crippen LogP contribution in [0.4, 0.5) is 5.69 Å². The first kappa shape index (κ1) is 13.5. The molecule has 0 spiro atoms. The maximum atomic E-state index is 9.96. The number of hydrogen-bond acceptors (Lipinski definition) is 8. The number of nitrogens with zero attached hydrogens (tertiary/aromatic N) is 4.